The Balaban J connectivity index is 1.41. The molecule has 0 saturated carbocycles. The van der Waals surface area contributed by atoms with Gasteiger partial charge in [0.25, 0.3) is 0 Å². The molecule has 3 aromatic carbocycles. The van der Waals surface area contributed by atoms with Crippen LogP contribution in [0, 0.1) is 23.7 Å². The van der Waals surface area contributed by atoms with Crippen molar-refractivity contribution in [2.45, 2.75) is 232 Å². The van der Waals surface area contributed by atoms with Crippen molar-refractivity contribution in [1.29, 1.82) is 0 Å². The fourth-order valence-corrected chi connectivity index (χ4v) is 13.5. The van der Waals surface area contributed by atoms with Crippen LogP contribution in [0.1, 0.15) is 162 Å². The maximum Gasteiger partial charge on any atom is 0.248 e. The lowest BCUT2D eigenvalue weighted by molar-refractivity contribution is -0.148. The van der Waals surface area contributed by atoms with Crippen molar-refractivity contribution < 1.29 is 57.8 Å². The second kappa shape index (κ2) is 37.7. The van der Waals surface area contributed by atoms with E-state index in [0.717, 1.165) is 30.4 Å². The van der Waals surface area contributed by atoms with Crippen molar-refractivity contribution in [1.82, 2.24) is 56.4 Å². The SMILES string of the molecule is CC[C@H](C)[C@H]1C(=O)N[C@@H](Cc2ccccc2)C(=O)N(C)[C@@H](Cc2ccccc2)C(=O)N[C@@H]([C@@H](C)O)C(=O)N2CCC[C@H]2C(=O)N[C@@H](CC(C)C)C(=O)N[C@H](C(=O)N2CCCCC2)Cc2cccc(c2)CCCC(=O)N[C@@H](CC(C)C)C(=O)N(C)[C@@H](CC(C)C)C(=O)N[C@@H](C)C(=O)N1C. The van der Waals surface area contributed by atoms with Gasteiger partial charge in [0.1, 0.15) is 60.4 Å². The molecule has 3 aliphatic rings. The van der Waals surface area contributed by atoms with Crippen molar-refractivity contribution in [3.63, 3.8) is 0 Å². The summed E-state index contributed by atoms with van der Waals surface area (Å²) < 4.78 is 0. The van der Waals surface area contributed by atoms with Crippen LogP contribution in [-0.4, -0.2) is 202 Å². The molecule has 0 unspecified atom stereocenters. The first-order chi connectivity index (χ1) is 46.5. The van der Waals surface area contributed by atoms with Gasteiger partial charge < -0.3 is 61.5 Å². The molecule has 7 N–H and O–H groups in total. The van der Waals surface area contributed by atoms with E-state index >= 15 is 14.4 Å². The molecule has 0 aliphatic carbocycles. The number of carbonyl (C=O) groups excluding carboxylic acids is 11. The Morgan fingerprint density at radius 1 is 0.510 bits per heavy atom. The molecule has 23 heteroatoms. The summed E-state index contributed by atoms with van der Waals surface area (Å²) in [7, 11) is 4.37. The summed E-state index contributed by atoms with van der Waals surface area (Å²) in [5.74, 6) is -7.35. The lowest BCUT2D eigenvalue weighted by atomic mass is 9.95. The minimum atomic E-state index is -1.63. The molecule has 98 heavy (non-hydrogen) atoms. The number of carbonyl (C=O) groups is 11. The lowest BCUT2D eigenvalue weighted by Crippen LogP contribution is -2.63. The minimum Gasteiger partial charge on any atom is -0.391 e. The van der Waals surface area contributed by atoms with Gasteiger partial charge in [-0.2, -0.15) is 0 Å². The zero-order valence-electron chi connectivity index (χ0n) is 60.1. The Bertz CT molecular complexity index is 3190. The monoisotopic (exact) mass is 1360 g/mol. The third kappa shape index (κ3) is 22.4. The summed E-state index contributed by atoms with van der Waals surface area (Å²) in [6, 6.07) is 13.2. The number of amides is 11. The molecule has 2 saturated heterocycles. The van der Waals surface area contributed by atoms with Crippen LogP contribution in [0.3, 0.4) is 0 Å². The Morgan fingerprint density at radius 2 is 1.07 bits per heavy atom. The summed E-state index contributed by atoms with van der Waals surface area (Å²) >= 11 is 0. The Kier molecular flexibility index (Phi) is 30.3. The maximum atomic E-state index is 15.4. The van der Waals surface area contributed by atoms with Gasteiger partial charge in [-0.05, 0) is 124 Å². The highest BCUT2D eigenvalue weighted by Crippen LogP contribution is 2.25. The molecule has 3 aromatic rings. The number of hydrogen-bond donors (Lipinski definition) is 7. The molecule has 0 aromatic heterocycles. The highest BCUT2D eigenvalue weighted by atomic mass is 16.3. The quantitative estimate of drug-likeness (QED) is 0.112. The van der Waals surface area contributed by atoms with Crippen LogP contribution in [-0.2, 0) is 78.4 Å². The predicted molar refractivity (Wildman–Crippen MR) is 375 cm³/mol. The number of hydrogen-bond acceptors (Lipinski definition) is 12. The van der Waals surface area contributed by atoms with Gasteiger partial charge in [-0.15, -0.1) is 0 Å². The zero-order valence-corrected chi connectivity index (χ0v) is 60.1. The number of likely N-dealkylation sites (tertiary alicyclic amines) is 1. The predicted octanol–water partition coefficient (Wildman–Crippen LogP) is 5.03. The molecular formula is C75H111N11O12. The first kappa shape index (κ1) is 78.8. The Labute approximate surface area is 580 Å². The number of benzene rings is 3. The third-order valence-electron chi connectivity index (χ3n) is 19.2. The average molecular weight is 1360 g/mol. The lowest BCUT2D eigenvalue weighted by Gasteiger charge is -2.36. The highest BCUT2D eigenvalue weighted by Gasteiger charge is 2.44. The van der Waals surface area contributed by atoms with Crippen LogP contribution in [0.2, 0.25) is 0 Å². The number of nitrogens with zero attached hydrogens (tertiary/aromatic N) is 5. The molecule has 11 amide bonds. The van der Waals surface area contributed by atoms with Gasteiger partial charge in [0, 0.05) is 66.5 Å². The molecule has 23 nitrogen and oxygen atoms in total. The van der Waals surface area contributed by atoms with E-state index in [1.54, 1.807) is 72.5 Å². The van der Waals surface area contributed by atoms with Crippen LogP contribution >= 0.6 is 0 Å². The van der Waals surface area contributed by atoms with Crippen molar-refractivity contribution in [2.24, 2.45) is 23.7 Å². The van der Waals surface area contributed by atoms with E-state index in [0.29, 0.717) is 49.9 Å². The van der Waals surface area contributed by atoms with E-state index in [-0.39, 0.29) is 87.5 Å². The Morgan fingerprint density at radius 3 is 1.67 bits per heavy atom. The average Bonchev–Trinajstić information content (AvgIpc) is 1.35. The highest BCUT2D eigenvalue weighted by molar-refractivity contribution is 5.99. The molecule has 0 spiro atoms. The molecule has 3 aliphatic heterocycles. The van der Waals surface area contributed by atoms with E-state index in [2.05, 4.69) is 31.9 Å². The molecule has 2 fully saturated rings. The van der Waals surface area contributed by atoms with Crippen molar-refractivity contribution in [3.05, 3.63) is 107 Å². The van der Waals surface area contributed by atoms with E-state index < -0.39 is 126 Å². The van der Waals surface area contributed by atoms with Crippen LogP contribution in [0.4, 0.5) is 0 Å². The first-order valence-corrected chi connectivity index (χ1v) is 35.5. The minimum absolute atomic E-state index is 0.0403. The van der Waals surface area contributed by atoms with E-state index in [1.807, 2.05) is 72.7 Å². The van der Waals surface area contributed by atoms with Gasteiger partial charge in [-0.3, -0.25) is 52.7 Å². The van der Waals surface area contributed by atoms with Gasteiger partial charge in [0.2, 0.25) is 65.0 Å². The van der Waals surface area contributed by atoms with E-state index in [9.17, 15) is 43.5 Å². The number of aliphatic hydroxyl groups is 1. The normalized spacial score (nSPS) is 25.8. The summed E-state index contributed by atoms with van der Waals surface area (Å²) in [6.45, 7) is 19.0. The van der Waals surface area contributed by atoms with Crippen molar-refractivity contribution in [3.8, 4) is 0 Å². The smallest absolute Gasteiger partial charge is 0.248 e. The number of aliphatic hydroxyl groups excluding tert-OH is 1. The molecular weight excluding hydrogens is 1250 g/mol. The maximum absolute atomic E-state index is 15.4. The fourth-order valence-electron chi connectivity index (χ4n) is 13.5. The van der Waals surface area contributed by atoms with Crippen molar-refractivity contribution in [2.75, 3.05) is 40.8 Å². The molecule has 0 radical (unpaired) electrons. The van der Waals surface area contributed by atoms with Gasteiger partial charge in [-0.25, -0.2) is 0 Å². The van der Waals surface area contributed by atoms with Crippen LogP contribution in [0.25, 0.3) is 0 Å². The summed E-state index contributed by atoms with van der Waals surface area (Å²) in [5, 5.41) is 28.9. The molecule has 12 atom stereocenters. The van der Waals surface area contributed by atoms with Crippen LogP contribution < -0.4 is 31.9 Å². The number of aryl methyl sites for hydroxylation is 1. The van der Waals surface area contributed by atoms with Gasteiger partial charge in [-0.1, -0.05) is 147 Å². The van der Waals surface area contributed by atoms with Gasteiger partial charge in [0.15, 0.2) is 0 Å². The number of piperidine rings is 1. The third-order valence-corrected chi connectivity index (χ3v) is 19.2. The zero-order chi connectivity index (χ0) is 72.1. The van der Waals surface area contributed by atoms with Crippen LogP contribution in [0.5, 0.6) is 0 Å². The number of fused-ring (bicyclic) bond motifs is 3. The number of likely N-dealkylation sites (N-methyl/N-ethyl adjacent to an activating group) is 3. The second-order valence-corrected chi connectivity index (χ2v) is 28.7. The van der Waals surface area contributed by atoms with Crippen molar-refractivity contribution >= 4 is 65.0 Å². The van der Waals surface area contributed by atoms with E-state index in [1.165, 1.54) is 54.6 Å². The van der Waals surface area contributed by atoms with E-state index in [4.69, 9.17) is 0 Å². The summed E-state index contributed by atoms with van der Waals surface area (Å²) in [4.78, 5) is 169. The number of rotatable bonds is 14. The standard InChI is InChI=1S/C75H111N11O12/c1-14-49(8)65-70(93)80-58(43-53-27-18-15-19-28-53)73(96)83(12)62(45-54-29-20-16-21-30-54)69(92)81-64(51(10)87)75(98)86-38-26-34-60(86)67(90)78-56(39-46(2)3)66(89)79-59(74(97)85-36-22-17-23-37-85)44-55-33-24-31-52(42-55)32-25-35-63(88)77-57(40-47(4)5)72(95)82(11)61(41-48(6)7)68(91)76-50(9)71(94)84(65)13/h15-16,18-21,24,27-31,33,42,46-51,56-62,64-65,87H,14,17,22-23,25-26,32,34-41,43-45H2,1-13H3,(H,76,91)(H,77,88)(H,78,90)(H,79,89)(H,80,93)(H,81,92)/t49-,50-,51+,56-,57-,58-,59-,60-,61-,62-,64-,65-/m0/s1. The second-order valence-electron chi connectivity index (χ2n) is 28.7. The molecule has 538 valence electrons. The molecule has 6 rings (SSSR count). The Hall–Kier alpha value is -8.21. The van der Waals surface area contributed by atoms with Gasteiger partial charge >= 0.3 is 0 Å². The topological polar surface area (TPSA) is 296 Å². The summed E-state index contributed by atoms with van der Waals surface area (Å²) in [6.07, 6.45) is 3.56. The number of nitrogens with one attached hydrogen (secondary N) is 6. The summed E-state index contributed by atoms with van der Waals surface area (Å²) in [5.41, 5.74) is 2.91. The van der Waals surface area contributed by atoms with Gasteiger partial charge in [0.05, 0.1) is 6.10 Å². The molecule has 3 heterocycles. The molecule has 2 bridgehead atoms. The largest absolute Gasteiger partial charge is 0.391 e. The fraction of sp³-hybridized carbons (Fsp3) is 0.613. The van der Waals surface area contributed by atoms with Crippen LogP contribution in [0.15, 0.2) is 84.9 Å². The first-order valence-electron chi connectivity index (χ1n) is 35.5.